The number of carboxylic acid groups (broad SMARTS) is 1. The average Bonchev–Trinajstić information content (AvgIpc) is 2.76. The summed E-state index contributed by atoms with van der Waals surface area (Å²) in [6.07, 6.45) is 0. The Kier molecular flexibility index (Phi) is 6.57. The van der Waals surface area contributed by atoms with Gasteiger partial charge in [0.05, 0.1) is 24.3 Å². The van der Waals surface area contributed by atoms with Crippen LogP contribution in [0.2, 0.25) is 0 Å². The molecule has 0 aromatic heterocycles. The first-order chi connectivity index (χ1) is 15.0. The van der Waals surface area contributed by atoms with E-state index in [1.54, 1.807) is 0 Å². The number of phenols is 1. The summed E-state index contributed by atoms with van der Waals surface area (Å²) < 4.78 is 30.8. The van der Waals surface area contributed by atoms with E-state index in [2.05, 4.69) is 10.0 Å². The highest BCUT2D eigenvalue weighted by Crippen LogP contribution is 2.40. The molecule has 2 amide bonds. The SMILES string of the molecule is CCS(=O)(=O)Nc1cc(C(N)C(=O)N[C@@H]2C(=O)N3C(C(=O)O)=C(OC)CS[C@H]23)ccc1O. The lowest BCUT2D eigenvalue weighted by Gasteiger charge is -2.49. The predicted molar refractivity (Wildman–Crippen MR) is 115 cm³/mol. The van der Waals surface area contributed by atoms with Crippen LogP contribution in [0.25, 0.3) is 0 Å². The molecule has 0 saturated carbocycles. The maximum Gasteiger partial charge on any atom is 0.356 e. The highest BCUT2D eigenvalue weighted by atomic mass is 32.2. The van der Waals surface area contributed by atoms with Crippen LogP contribution in [0.15, 0.2) is 29.7 Å². The molecule has 2 heterocycles. The number of carbonyl (C=O) groups is 3. The highest BCUT2D eigenvalue weighted by molar-refractivity contribution is 8.00. The molecule has 2 aliphatic rings. The number of aromatic hydroxyl groups is 1. The van der Waals surface area contributed by atoms with Crippen molar-refractivity contribution in [3.05, 3.63) is 35.2 Å². The first-order valence-corrected chi connectivity index (χ1v) is 12.0. The summed E-state index contributed by atoms with van der Waals surface area (Å²) in [6, 6.07) is 1.51. The van der Waals surface area contributed by atoms with Crippen LogP contribution in [0.1, 0.15) is 18.5 Å². The van der Waals surface area contributed by atoms with Crippen LogP contribution in [0.4, 0.5) is 5.69 Å². The number of hydrogen-bond acceptors (Lipinski definition) is 9. The molecule has 1 unspecified atom stereocenters. The van der Waals surface area contributed by atoms with Gasteiger partial charge in [-0.1, -0.05) is 6.07 Å². The van der Waals surface area contributed by atoms with Gasteiger partial charge in [-0.05, 0) is 24.6 Å². The Balaban J connectivity index is 1.74. The van der Waals surface area contributed by atoms with Crippen LogP contribution in [0.3, 0.4) is 0 Å². The maximum atomic E-state index is 12.7. The Labute approximate surface area is 187 Å². The molecule has 1 aromatic rings. The number of anilines is 1. The lowest BCUT2D eigenvalue weighted by molar-refractivity contribution is -0.151. The van der Waals surface area contributed by atoms with Crippen LogP contribution in [-0.2, 0) is 29.1 Å². The quantitative estimate of drug-likeness (QED) is 0.236. The first-order valence-electron chi connectivity index (χ1n) is 9.35. The standard InChI is InChI=1S/C18H22N4O8S2/c1-3-32(28,29)21-9-6-8(4-5-10(9)23)12(19)15(24)20-13-16(25)22-14(18(26)27)11(30-2)7-31-17(13)22/h4-6,12-13,17,21,23H,3,7,19H2,1-2H3,(H,20,24)(H,26,27)/t12?,13-,17-/m1/s1. The zero-order chi connectivity index (χ0) is 23.8. The molecule has 1 fully saturated rings. The Morgan fingerprint density at radius 2 is 2.09 bits per heavy atom. The van der Waals surface area contributed by atoms with Gasteiger partial charge in [0.15, 0.2) is 5.70 Å². The number of carboxylic acids is 1. The molecular formula is C18H22N4O8S2. The molecule has 3 rings (SSSR count). The summed E-state index contributed by atoms with van der Waals surface area (Å²) in [5.74, 6) is -2.85. The molecule has 32 heavy (non-hydrogen) atoms. The Morgan fingerprint density at radius 1 is 1.41 bits per heavy atom. The number of thioether (sulfide) groups is 1. The van der Waals surface area contributed by atoms with Crippen molar-refractivity contribution in [3.63, 3.8) is 0 Å². The van der Waals surface area contributed by atoms with Gasteiger partial charge in [-0.2, -0.15) is 0 Å². The first kappa shape index (κ1) is 23.7. The van der Waals surface area contributed by atoms with Gasteiger partial charge in [-0.3, -0.25) is 19.2 Å². The molecule has 6 N–H and O–H groups in total. The smallest absolute Gasteiger partial charge is 0.356 e. The molecule has 1 saturated heterocycles. The molecule has 0 aliphatic carbocycles. The van der Waals surface area contributed by atoms with Gasteiger partial charge in [-0.15, -0.1) is 11.8 Å². The monoisotopic (exact) mass is 486 g/mol. The molecule has 0 radical (unpaired) electrons. The van der Waals surface area contributed by atoms with E-state index < -0.39 is 45.3 Å². The molecule has 3 atom stereocenters. The van der Waals surface area contributed by atoms with E-state index in [1.807, 2.05) is 0 Å². The number of hydrogen-bond donors (Lipinski definition) is 5. The Morgan fingerprint density at radius 3 is 2.69 bits per heavy atom. The molecule has 14 heteroatoms. The number of carbonyl (C=O) groups excluding carboxylic acids is 2. The number of nitrogens with two attached hydrogens (primary N) is 1. The number of nitrogens with zero attached hydrogens (tertiary/aromatic N) is 1. The number of β-lactam (4-membered cyclic amide) rings is 1. The van der Waals surface area contributed by atoms with Crippen molar-refractivity contribution in [2.24, 2.45) is 5.73 Å². The topological polar surface area (TPSA) is 188 Å². The van der Waals surface area contributed by atoms with E-state index in [-0.39, 0.29) is 40.0 Å². The van der Waals surface area contributed by atoms with Gasteiger partial charge in [0.2, 0.25) is 15.9 Å². The van der Waals surface area contributed by atoms with Crippen molar-refractivity contribution in [1.29, 1.82) is 0 Å². The summed E-state index contributed by atoms with van der Waals surface area (Å²) in [5.41, 5.74) is 5.79. The molecule has 1 aromatic carbocycles. The minimum atomic E-state index is -3.68. The van der Waals surface area contributed by atoms with E-state index in [9.17, 15) is 33.0 Å². The second-order valence-corrected chi connectivity index (χ2v) is 10.1. The lowest BCUT2D eigenvalue weighted by atomic mass is 10.0. The number of ether oxygens (including phenoxy) is 1. The fourth-order valence-electron chi connectivity index (χ4n) is 3.21. The molecule has 0 spiro atoms. The number of rotatable bonds is 8. The fourth-order valence-corrected chi connectivity index (χ4v) is 5.16. The lowest BCUT2D eigenvalue weighted by Crippen LogP contribution is -2.71. The van der Waals surface area contributed by atoms with E-state index in [0.29, 0.717) is 0 Å². The number of benzene rings is 1. The number of methoxy groups -OCH3 is 1. The molecule has 0 bridgehead atoms. The zero-order valence-corrected chi connectivity index (χ0v) is 18.7. The van der Waals surface area contributed by atoms with Crippen molar-refractivity contribution in [2.45, 2.75) is 24.4 Å². The van der Waals surface area contributed by atoms with Crippen LogP contribution in [0, 0.1) is 0 Å². The summed E-state index contributed by atoms with van der Waals surface area (Å²) in [4.78, 5) is 37.8. The summed E-state index contributed by atoms with van der Waals surface area (Å²) >= 11 is 1.24. The van der Waals surface area contributed by atoms with Crippen molar-refractivity contribution in [2.75, 3.05) is 23.3 Å². The van der Waals surface area contributed by atoms with Crippen molar-refractivity contribution < 1.29 is 37.8 Å². The van der Waals surface area contributed by atoms with Gasteiger partial charge >= 0.3 is 5.97 Å². The minimum absolute atomic E-state index is 0.135. The van der Waals surface area contributed by atoms with Crippen LogP contribution >= 0.6 is 11.8 Å². The van der Waals surface area contributed by atoms with Crippen molar-refractivity contribution >= 4 is 45.3 Å². The van der Waals surface area contributed by atoms with Crippen LogP contribution < -0.4 is 15.8 Å². The third-order valence-electron chi connectivity index (χ3n) is 4.99. The third kappa shape index (κ3) is 4.33. The Hall–Kier alpha value is -2.97. The third-order valence-corrected chi connectivity index (χ3v) is 7.53. The van der Waals surface area contributed by atoms with Gasteiger partial charge in [0, 0.05) is 0 Å². The van der Waals surface area contributed by atoms with Gasteiger partial charge < -0.3 is 26.0 Å². The van der Waals surface area contributed by atoms with Gasteiger partial charge in [0.1, 0.15) is 29.0 Å². The second-order valence-electron chi connectivity index (χ2n) is 6.94. The number of fused-ring (bicyclic) bond motifs is 1. The van der Waals surface area contributed by atoms with Crippen LogP contribution in [-0.4, -0.2) is 71.3 Å². The van der Waals surface area contributed by atoms with E-state index >= 15 is 0 Å². The second kappa shape index (κ2) is 8.88. The van der Waals surface area contributed by atoms with Crippen molar-refractivity contribution in [1.82, 2.24) is 10.2 Å². The number of sulfonamides is 1. The molecule has 174 valence electrons. The van der Waals surface area contributed by atoms with Crippen molar-refractivity contribution in [3.8, 4) is 5.75 Å². The van der Waals surface area contributed by atoms with E-state index in [4.69, 9.17) is 10.5 Å². The zero-order valence-electron chi connectivity index (χ0n) is 17.1. The largest absolute Gasteiger partial charge is 0.506 e. The maximum absolute atomic E-state index is 12.7. The van der Waals surface area contributed by atoms with E-state index in [0.717, 1.165) is 4.90 Å². The van der Waals surface area contributed by atoms with E-state index in [1.165, 1.54) is 44.0 Å². The molecule has 2 aliphatic heterocycles. The number of aliphatic carboxylic acids is 1. The normalized spacial score (nSPS) is 21.3. The summed E-state index contributed by atoms with van der Waals surface area (Å²) in [6.45, 7) is 1.42. The number of nitrogens with one attached hydrogen (secondary N) is 2. The van der Waals surface area contributed by atoms with Crippen LogP contribution in [0.5, 0.6) is 5.75 Å². The average molecular weight is 487 g/mol. The van der Waals surface area contributed by atoms with Gasteiger partial charge in [-0.25, -0.2) is 13.2 Å². The fraction of sp³-hybridized carbons (Fsp3) is 0.389. The number of amides is 2. The molecular weight excluding hydrogens is 464 g/mol. The summed E-state index contributed by atoms with van der Waals surface area (Å²) in [7, 11) is -2.36. The minimum Gasteiger partial charge on any atom is -0.506 e. The summed E-state index contributed by atoms with van der Waals surface area (Å²) in [5, 5.41) is 21.2. The van der Waals surface area contributed by atoms with Gasteiger partial charge in [0.25, 0.3) is 5.91 Å². The Bertz CT molecular complexity index is 1100. The highest BCUT2D eigenvalue weighted by Gasteiger charge is 2.55. The number of phenolic OH excluding ortho intramolecular Hbond substituents is 1. The predicted octanol–water partition coefficient (Wildman–Crippen LogP) is -0.504. The molecule has 12 nitrogen and oxygen atoms in total.